The van der Waals surface area contributed by atoms with Gasteiger partial charge in [-0.25, -0.2) is 0 Å². The van der Waals surface area contributed by atoms with E-state index in [1.165, 1.54) is 0 Å². The Kier molecular flexibility index (Phi) is 3.44. The molecule has 3 heteroatoms. The summed E-state index contributed by atoms with van der Waals surface area (Å²) in [5.41, 5.74) is 1.11. The van der Waals surface area contributed by atoms with Gasteiger partial charge in [0.1, 0.15) is 0 Å². The standard InChI is InChI=1S/C11H16O3/c1-7-3-4-9(10(12)5-7)8(2)6-11(13)14/h5,8-9H,3-4,6H2,1-2H3,(H,13,14). The summed E-state index contributed by atoms with van der Waals surface area (Å²) in [5, 5.41) is 8.63. The predicted molar refractivity (Wildman–Crippen MR) is 52.9 cm³/mol. The fourth-order valence-corrected chi connectivity index (χ4v) is 1.93. The molecule has 1 aliphatic rings. The molecule has 0 aliphatic heterocycles. The second-order valence-corrected chi connectivity index (χ2v) is 4.11. The molecule has 2 atom stereocenters. The summed E-state index contributed by atoms with van der Waals surface area (Å²) in [6.07, 6.45) is 3.46. The van der Waals surface area contributed by atoms with Gasteiger partial charge >= 0.3 is 5.97 Å². The summed E-state index contributed by atoms with van der Waals surface area (Å²) in [6.45, 7) is 3.78. The van der Waals surface area contributed by atoms with E-state index in [-0.39, 0.29) is 24.0 Å². The lowest BCUT2D eigenvalue weighted by Gasteiger charge is -2.23. The molecule has 0 bridgehead atoms. The van der Waals surface area contributed by atoms with Crippen molar-refractivity contribution >= 4 is 11.8 Å². The van der Waals surface area contributed by atoms with Gasteiger partial charge in [0.25, 0.3) is 0 Å². The van der Waals surface area contributed by atoms with Crippen molar-refractivity contribution in [1.29, 1.82) is 0 Å². The van der Waals surface area contributed by atoms with Gasteiger partial charge in [0.2, 0.25) is 0 Å². The van der Waals surface area contributed by atoms with Crippen molar-refractivity contribution in [2.45, 2.75) is 33.1 Å². The molecule has 1 aliphatic carbocycles. The molecule has 1 N–H and O–H groups in total. The third kappa shape index (κ3) is 2.69. The summed E-state index contributed by atoms with van der Waals surface area (Å²) < 4.78 is 0. The van der Waals surface area contributed by atoms with Crippen LogP contribution in [0.3, 0.4) is 0 Å². The van der Waals surface area contributed by atoms with E-state index in [1.54, 1.807) is 6.08 Å². The minimum atomic E-state index is -0.823. The van der Waals surface area contributed by atoms with Crippen LogP contribution in [-0.2, 0) is 9.59 Å². The Labute approximate surface area is 83.8 Å². The van der Waals surface area contributed by atoms with Crippen LogP contribution < -0.4 is 0 Å². The Bertz CT molecular complexity index is 278. The maximum Gasteiger partial charge on any atom is 0.303 e. The van der Waals surface area contributed by atoms with Gasteiger partial charge in [0.05, 0.1) is 0 Å². The third-order valence-corrected chi connectivity index (χ3v) is 2.79. The third-order valence-electron chi connectivity index (χ3n) is 2.79. The first-order valence-corrected chi connectivity index (χ1v) is 4.93. The monoisotopic (exact) mass is 196 g/mol. The normalized spacial score (nSPS) is 24.3. The average Bonchev–Trinajstić information content (AvgIpc) is 2.01. The van der Waals surface area contributed by atoms with Gasteiger partial charge < -0.3 is 5.11 Å². The van der Waals surface area contributed by atoms with Crippen molar-refractivity contribution in [3.8, 4) is 0 Å². The zero-order valence-corrected chi connectivity index (χ0v) is 8.62. The fourth-order valence-electron chi connectivity index (χ4n) is 1.93. The van der Waals surface area contributed by atoms with Crippen LogP contribution in [0.15, 0.2) is 11.6 Å². The van der Waals surface area contributed by atoms with Crippen LogP contribution in [0.2, 0.25) is 0 Å². The topological polar surface area (TPSA) is 54.4 Å². The van der Waals surface area contributed by atoms with E-state index in [4.69, 9.17) is 5.11 Å². The van der Waals surface area contributed by atoms with Gasteiger partial charge in [0, 0.05) is 12.3 Å². The summed E-state index contributed by atoms with van der Waals surface area (Å²) in [4.78, 5) is 22.1. The van der Waals surface area contributed by atoms with E-state index < -0.39 is 5.97 Å². The van der Waals surface area contributed by atoms with E-state index in [2.05, 4.69) is 0 Å². The number of hydrogen-bond acceptors (Lipinski definition) is 2. The molecule has 0 spiro atoms. The number of allylic oxidation sites excluding steroid dienone is 2. The van der Waals surface area contributed by atoms with E-state index in [0.29, 0.717) is 0 Å². The van der Waals surface area contributed by atoms with Gasteiger partial charge in [-0.15, -0.1) is 0 Å². The minimum Gasteiger partial charge on any atom is -0.481 e. The van der Waals surface area contributed by atoms with E-state index in [0.717, 1.165) is 18.4 Å². The zero-order chi connectivity index (χ0) is 10.7. The molecule has 0 aromatic rings. The van der Waals surface area contributed by atoms with Crippen LogP contribution >= 0.6 is 0 Å². The molecule has 0 amide bonds. The molecule has 0 saturated carbocycles. The van der Waals surface area contributed by atoms with E-state index in [9.17, 15) is 9.59 Å². The summed E-state index contributed by atoms with van der Waals surface area (Å²) in [6, 6.07) is 0. The highest BCUT2D eigenvalue weighted by Gasteiger charge is 2.27. The lowest BCUT2D eigenvalue weighted by atomic mass is 9.79. The first-order chi connectivity index (χ1) is 6.50. The second-order valence-electron chi connectivity index (χ2n) is 4.11. The number of ketones is 1. The maximum absolute atomic E-state index is 11.6. The van der Waals surface area contributed by atoms with Crippen LogP contribution in [0.5, 0.6) is 0 Å². The van der Waals surface area contributed by atoms with Crippen molar-refractivity contribution < 1.29 is 14.7 Å². The Balaban J connectivity index is 2.61. The molecule has 0 saturated heterocycles. The highest BCUT2D eigenvalue weighted by Crippen LogP contribution is 2.28. The minimum absolute atomic E-state index is 0.0515. The fraction of sp³-hybridized carbons (Fsp3) is 0.636. The van der Waals surface area contributed by atoms with E-state index >= 15 is 0 Å². The Hall–Kier alpha value is -1.12. The van der Waals surface area contributed by atoms with Gasteiger partial charge in [-0.2, -0.15) is 0 Å². The molecule has 3 nitrogen and oxygen atoms in total. The van der Waals surface area contributed by atoms with Crippen LogP contribution in [0.4, 0.5) is 0 Å². The van der Waals surface area contributed by atoms with Crippen LogP contribution in [0.1, 0.15) is 33.1 Å². The molecule has 2 unspecified atom stereocenters. The Morgan fingerprint density at radius 1 is 1.71 bits per heavy atom. The average molecular weight is 196 g/mol. The lowest BCUT2D eigenvalue weighted by molar-refractivity contribution is -0.138. The maximum atomic E-state index is 11.6. The van der Waals surface area contributed by atoms with Gasteiger partial charge in [-0.05, 0) is 31.8 Å². The number of rotatable bonds is 3. The van der Waals surface area contributed by atoms with Gasteiger partial charge in [-0.3, -0.25) is 9.59 Å². The number of hydrogen-bond donors (Lipinski definition) is 1. The molecule has 0 fully saturated rings. The summed E-state index contributed by atoms with van der Waals surface area (Å²) >= 11 is 0. The molecule has 78 valence electrons. The van der Waals surface area contributed by atoms with Crippen molar-refractivity contribution in [3.63, 3.8) is 0 Å². The summed E-state index contributed by atoms with van der Waals surface area (Å²) in [7, 11) is 0. The number of carboxylic acid groups (broad SMARTS) is 1. The zero-order valence-electron chi connectivity index (χ0n) is 8.62. The highest BCUT2D eigenvalue weighted by molar-refractivity contribution is 5.93. The number of carbonyl (C=O) groups excluding carboxylic acids is 1. The molecule has 14 heavy (non-hydrogen) atoms. The van der Waals surface area contributed by atoms with Crippen molar-refractivity contribution in [3.05, 3.63) is 11.6 Å². The molecular formula is C11H16O3. The number of aliphatic carboxylic acids is 1. The van der Waals surface area contributed by atoms with Gasteiger partial charge in [0.15, 0.2) is 5.78 Å². The summed E-state index contributed by atoms with van der Waals surface area (Å²) in [5.74, 6) is -0.863. The first-order valence-electron chi connectivity index (χ1n) is 4.93. The Morgan fingerprint density at radius 3 is 2.86 bits per heavy atom. The molecular weight excluding hydrogens is 180 g/mol. The SMILES string of the molecule is CC1=CC(=O)C(C(C)CC(=O)O)CC1. The van der Waals surface area contributed by atoms with Crippen LogP contribution in [-0.4, -0.2) is 16.9 Å². The smallest absolute Gasteiger partial charge is 0.303 e. The number of carboxylic acids is 1. The van der Waals surface area contributed by atoms with Crippen molar-refractivity contribution in [1.82, 2.24) is 0 Å². The lowest BCUT2D eigenvalue weighted by Crippen LogP contribution is -2.25. The largest absolute Gasteiger partial charge is 0.481 e. The quantitative estimate of drug-likeness (QED) is 0.751. The second kappa shape index (κ2) is 4.40. The molecule has 0 radical (unpaired) electrons. The molecule has 0 aromatic carbocycles. The molecule has 0 heterocycles. The Morgan fingerprint density at radius 2 is 2.36 bits per heavy atom. The highest BCUT2D eigenvalue weighted by atomic mass is 16.4. The first kappa shape index (κ1) is 11.0. The number of carbonyl (C=O) groups is 2. The molecule has 1 rings (SSSR count). The van der Waals surface area contributed by atoms with E-state index in [1.807, 2.05) is 13.8 Å². The molecule has 0 aromatic heterocycles. The van der Waals surface area contributed by atoms with Gasteiger partial charge in [-0.1, -0.05) is 12.5 Å². The van der Waals surface area contributed by atoms with Crippen LogP contribution in [0.25, 0.3) is 0 Å². The predicted octanol–water partition coefficient (Wildman–Crippen LogP) is 2.02. The van der Waals surface area contributed by atoms with Crippen molar-refractivity contribution in [2.24, 2.45) is 11.8 Å². The van der Waals surface area contributed by atoms with Crippen molar-refractivity contribution in [2.75, 3.05) is 0 Å². The van der Waals surface area contributed by atoms with Crippen LogP contribution in [0, 0.1) is 11.8 Å².